The Kier molecular flexibility index (Phi) is 5.52. The van der Waals surface area contributed by atoms with Gasteiger partial charge in [0.25, 0.3) is 17.5 Å². The molecule has 4 rings (SSSR count). The molecule has 10 nitrogen and oxygen atoms in total. The summed E-state index contributed by atoms with van der Waals surface area (Å²) in [5, 5.41) is 11.7. The van der Waals surface area contributed by atoms with Gasteiger partial charge in [0.05, 0.1) is 4.92 Å². The number of benzene rings is 1. The predicted octanol–water partition coefficient (Wildman–Crippen LogP) is 3.28. The fourth-order valence-electron chi connectivity index (χ4n) is 3.93. The molecule has 0 atom stereocenters. The van der Waals surface area contributed by atoms with Gasteiger partial charge < -0.3 is 9.32 Å². The van der Waals surface area contributed by atoms with Crippen LogP contribution in [0, 0.1) is 10.1 Å². The fourth-order valence-corrected chi connectivity index (χ4v) is 3.93. The lowest BCUT2D eigenvalue weighted by molar-refractivity contribution is -0.384. The maximum atomic E-state index is 12.3. The maximum Gasteiger partial charge on any atom is 0.333 e. The van der Waals surface area contributed by atoms with Gasteiger partial charge in [0.1, 0.15) is 22.8 Å². The van der Waals surface area contributed by atoms with E-state index >= 15 is 0 Å². The third-order valence-corrected chi connectivity index (χ3v) is 5.71. The van der Waals surface area contributed by atoms with E-state index in [1.54, 1.807) is 24.3 Å². The second-order valence-electron chi connectivity index (χ2n) is 7.78. The van der Waals surface area contributed by atoms with E-state index in [1.165, 1.54) is 26.2 Å². The molecule has 32 heavy (non-hydrogen) atoms. The highest BCUT2D eigenvalue weighted by molar-refractivity contribution is 6.30. The summed E-state index contributed by atoms with van der Waals surface area (Å²) in [4.78, 5) is 51.6. The number of hydrogen-bond acceptors (Lipinski definition) is 7. The summed E-state index contributed by atoms with van der Waals surface area (Å²) in [6.45, 7) is 1.57. The number of nitro benzene ring substituents is 1. The average Bonchev–Trinajstić information content (AvgIpc) is 3.28. The van der Waals surface area contributed by atoms with Crippen molar-refractivity contribution in [3.05, 3.63) is 51.8 Å². The standard InChI is InChI=1S/C22H22N4O6/c1-23-20(27)16(21(28)24(2)22(23)29)13-15-7-9-19(32-15)14-6-8-17(18(12-14)26(30)31)25-10-4-3-5-11-25/h6-9,12-13H,3-5,10-11H2,1-2H3. The molecule has 2 saturated heterocycles. The van der Waals surface area contributed by atoms with Crippen molar-refractivity contribution >= 4 is 35.3 Å². The van der Waals surface area contributed by atoms with Gasteiger partial charge in [0.15, 0.2) is 0 Å². The molecule has 0 spiro atoms. The van der Waals surface area contributed by atoms with Gasteiger partial charge in [-0.2, -0.15) is 0 Å². The van der Waals surface area contributed by atoms with Crippen LogP contribution in [0.2, 0.25) is 0 Å². The van der Waals surface area contributed by atoms with Crippen molar-refractivity contribution in [1.29, 1.82) is 0 Å². The molecule has 2 aliphatic rings. The van der Waals surface area contributed by atoms with Gasteiger partial charge in [-0.15, -0.1) is 0 Å². The Hall–Kier alpha value is -3.95. The van der Waals surface area contributed by atoms with Crippen molar-refractivity contribution in [3.8, 4) is 11.3 Å². The summed E-state index contributed by atoms with van der Waals surface area (Å²) < 4.78 is 5.75. The van der Waals surface area contributed by atoms with Crippen LogP contribution in [0.3, 0.4) is 0 Å². The van der Waals surface area contributed by atoms with Gasteiger partial charge in [0.2, 0.25) is 0 Å². The molecule has 1 aromatic carbocycles. The van der Waals surface area contributed by atoms with Crippen LogP contribution in [0.1, 0.15) is 25.0 Å². The first-order valence-corrected chi connectivity index (χ1v) is 10.2. The summed E-state index contributed by atoms with van der Waals surface area (Å²) in [5.41, 5.74) is 0.885. The number of carbonyl (C=O) groups excluding carboxylic acids is 3. The molecule has 0 aliphatic carbocycles. The molecule has 2 fully saturated rings. The Morgan fingerprint density at radius 3 is 2.25 bits per heavy atom. The molecule has 0 bridgehead atoms. The quantitative estimate of drug-likeness (QED) is 0.311. The van der Waals surface area contributed by atoms with Crippen LogP contribution in [0.25, 0.3) is 17.4 Å². The number of piperidine rings is 1. The fraction of sp³-hybridized carbons (Fsp3) is 0.318. The highest BCUT2D eigenvalue weighted by Crippen LogP contribution is 2.35. The van der Waals surface area contributed by atoms with Crippen LogP contribution >= 0.6 is 0 Å². The van der Waals surface area contributed by atoms with E-state index in [1.807, 2.05) is 4.90 Å². The lowest BCUT2D eigenvalue weighted by Crippen LogP contribution is -2.52. The minimum atomic E-state index is -0.724. The first-order valence-electron chi connectivity index (χ1n) is 10.2. The molecule has 0 N–H and O–H groups in total. The van der Waals surface area contributed by atoms with Crippen LogP contribution in [-0.4, -0.2) is 59.8 Å². The molecule has 0 saturated carbocycles. The smallest absolute Gasteiger partial charge is 0.333 e. The van der Waals surface area contributed by atoms with Gasteiger partial charge in [-0.05, 0) is 49.6 Å². The first kappa shape index (κ1) is 21.3. The molecular formula is C22H22N4O6. The number of amides is 4. The van der Waals surface area contributed by atoms with Gasteiger partial charge in [0, 0.05) is 38.8 Å². The number of likely N-dealkylation sites (N-methyl/N-ethyl adjacent to an activating group) is 2. The number of imide groups is 2. The second-order valence-corrected chi connectivity index (χ2v) is 7.78. The number of furan rings is 1. The van der Waals surface area contributed by atoms with E-state index < -0.39 is 22.8 Å². The van der Waals surface area contributed by atoms with Crippen LogP contribution in [-0.2, 0) is 9.59 Å². The van der Waals surface area contributed by atoms with Gasteiger partial charge >= 0.3 is 6.03 Å². The number of barbiturate groups is 1. The third kappa shape index (κ3) is 3.75. The van der Waals surface area contributed by atoms with Crippen molar-refractivity contribution in [1.82, 2.24) is 9.80 Å². The molecule has 0 radical (unpaired) electrons. The van der Waals surface area contributed by atoms with E-state index in [-0.39, 0.29) is 17.0 Å². The summed E-state index contributed by atoms with van der Waals surface area (Å²) in [5.74, 6) is -0.871. The number of urea groups is 1. The van der Waals surface area contributed by atoms with Crippen molar-refractivity contribution in [2.24, 2.45) is 0 Å². The van der Waals surface area contributed by atoms with Crippen molar-refractivity contribution in [2.45, 2.75) is 19.3 Å². The molecule has 166 valence electrons. The predicted molar refractivity (Wildman–Crippen MR) is 116 cm³/mol. The molecule has 10 heteroatoms. The minimum absolute atomic E-state index is 0.0000950. The van der Waals surface area contributed by atoms with Crippen LogP contribution in [0.4, 0.5) is 16.2 Å². The van der Waals surface area contributed by atoms with Crippen LogP contribution in [0.5, 0.6) is 0 Å². The summed E-state index contributed by atoms with van der Waals surface area (Å²) in [6, 6.07) is 7.41. The number of anilines is 1. The van der Waals surface area contributed by atoms with E-state index in [9.17, 15) is 24.5 Å². The van der Waals surface area contributed by atoms with Crippen LogP contribution < -0.4 is 4.90 Å². The molecule has 2 aromatic rings. The van der Waals surface area contributed by atoms with E-state index in [0.29, 0.717) is 17.0 Å². The highest BCUT2D eigenvalue weighted by atomic mass is 16.6. The highest BCUT2D eigenvalue weighted by Gasteiger charge is 2.38. The van der Waals surface area contributed by atoms with Crippen molar-refractivity contribution in [3.63, 3.8) is 0 Å². The Labute approximate surface area is 183 Å². The van der Waals surface area contributed by atoms with Gasteiger partial charge in [-0.1, -0.05) is 0 Å². The summed E-state index contributed by atoms with van der Waals surface area (Å²) in [7, 11) is 2.58. The van der Waals surface area contributed by atoms with E-state index in [0.717, 1.165) is 42.2 Å². The summed E-state index contributed by atoms with van der Waals surface area (Å²) in [6.07, 6.45) is 4.40. The normalized spacial score (nSPS) is 17.2. The zero-order valence-electron chi connectivity index (χ0n) is 17.7. The Morgan fingerprint density at radius 1 is 0.969 bits per heavy atom. The number of nitro groups is 1. The first-order chi connectivity index (χ1) is 15.3. The Morgan fingerprint density at radius 2 is 1.62 bits per heavy atom. The molecule has 0 unspecified atom stereocenters. The topological polar surface area (TPSA) is 117 Å². The monoisotopic (exact) mass is 438 g/mol. The SMILES string of the molecule is CN1C(=O)C(=Cc2ccc(-c3ccc(N4CCCCC4)c([N+](=O)[O-])c3)o2)C(=O)N(C)C1=O. The largest absolute Gasteiger partial charge is 0.457 e. The maximum absolute atomic E-state index is 12.3. The zero-order chi connectivity index (χ0) is 23.0. The van der Waals surface area contributed by atoms with Gasteiger partial charge in [-0.3, -0.25) is 29.5 Å². The van der Waals surface area contributed by atoms with E-state index in [2.05, 4.69) is 0 Å². The number of rotatable bonds is 4. The summed E-state index contributed by atoms with van der Waals surface area (Å²) >= 11 is 0. The second kappa shape index (κ2) is 8.29. The molecule has 3 heterocycles. The van der Waals surface area contributed by atoms with Crippen LogP contribution in [0.15, 0.2) is 40.3 Å². The number of hydrogen-bond donors (Lipinski definition) is 0. The molecule has 1 aromatic heterocycles. The van der Waals surface area contributed by atoms with Crippen molar-refractivity contribution < 1.29 is 23.7 Å². The lowest BCUT2D eigenvalue weighted by atomic mass is 10.1. The Bertz CT molecular complexity index is 1120. The molecule has 4 amide bonds. The average molecular weight is 438 g/mol. The molecular weight excluding hydrogens is 416 g/mol. The van der Waals surface area contributed by atoms with Crippen molar-refractivity contribution in [2.75, 3.05) is 32.1 Å². The Balaban J connectivity index is 1.65. The number of carbonyl (C=O) groups is 3. The minimum Gasteiger partial charge on any atom is -0.457 e. The van der Waals surface area contributed by atoms with E-state index in [4.69, 9.17) is 4.42 Å². The zero-order valence-corrected chi connectivity index (χ0v) is 17.7. The molecule has 2 aliphatic heterocycles. The third-order valence-electron chi connectivity index (χ3n) is 5.71. The number of nitrogens with zero attached hydrogens (tertiary/aromatic N) is 4. The van der Waals surface area contributed by atoms with Gasteiger partial charge in [-0.25, -0.2) is 4.79 Å². The lowest BCUT2D eigenvalue weighted by Gasteiger charge is -2.28.